The van der Waals surface area contributed by atoms with Crippen molar-refractivity contribution in [2.45, 2.75) is 51.1 Å². The van der Waals surface area contributed by atoms with E-state index < -0.39 is 0 Å². The number of nitrogens with one attached hydrogen (secondary N) is 2. The first kappa shape index (κ1) is 12.7. The maximum absolute atomic E-state index is 12.1. The summed E-state index contributed by atoms with van der Waals surface area (Å²) < 4.78 is 0. The highest BCUT2D eigenvalue weighted by Gasteiger charge is 2.38. The van der Waals surface area contributed by atoms with Gasteiger partial charge in [0.2, 0.25) is 0 Å². The third-order valence-electron chi connectivity index (χ3n) is 3.66. The third-order valence-corrected chi connectivity index (χ3v) is 4.66. The predicted octanol–water partition coefficient (Wildman–Crippen LogP) is 2.22. The van der Waals surface area contributed by atoms with Crippen LogP contribution in [0.3, 0.4) is 0 Å². The maximum atomic E-state index is 12.1. The zero-order valence-corrected chi connectivity index (χ0v) is 11.9. The van der Waals surface area contributed by atoms with Gasteiger partial charge in [-0.25, -0.2) is 4.98 Å². The molecular formula is C13H20N4OS. The fourth-order valence-electron chi connectivity index (χ4n) is 2.31. The van der Waals surface area contributed by atoms with Crippen molar-refractivity contribution >= 4 is 28.2 Å². The number of hydrogen-bond donors (Lipinski definition) is 3. The monoisotopic (exact) mass is 280 g/mol. The molecule has 2 saturated carbocycles. The Morgan fingerprint density at radius 1 is 1.53 bits per heavy atom. The number of aromatic nitrogens is 1. The van der Waals surface area contributed by atoms with Gasteiger partial charge >= 0.3 is 0 Å². The minimum absolute atomic E-state index is 0.0672. The van der Waals surface area contributed by atoms with Crippen LogP contribution in [0.1, 0.15) is 48.7 Å². The van der Waals surface area contributed by atoms with Crippen LogP contribution in [0.5, 0.6) is 0 Å². The molecule has 1 amide bonds. The molecule has 4 N–H and O–H groups in total. The molecule has 5 nitrogen and oxygen atoms in total. The van der Waals surface area contributed by atoms with E-state index in [0.717, 1.165) is 11.6 Å². The highest BCUT2D eigenvalue weighted by molar-refractivity contribution is 7.18. The average molecular weight is 280 g/mol. The molecule has 104 valence electrons. The van der Waals surface area contributed by atoms with Crippen molar-refractivity contribution in [3.63, 3.8) is 0 Å². The van der Waals surface area contributed by atoms with Gasteiger partial charge in [-0.05, 0) is 31.6 Å². The van der Waals surface area contributed by atoms with Crippen molar-refractivity contribution in [1.82, 2.24) is 10.3 Å². The average Bonchev–Trinajstić information content (AvgIpc) is 3.25. The van der Waals surface area contributed by atoms with Crippen molar-refractivity contribution in [3.05, 3.63) is 4.88 Å². The van der Waals surface area contributed by atoms with Gasteiger partial charge in [-0.3, -0.25) is 4.79 Å². The van der Waals surface area contributed by atoms with Crippen molar-refractivity contribution in [2.24, 2.45) is 5.92 Å². The van der Waals surface area contributed by atoms with E-state index in [9.17, 15) is 4.79 Å². The molecule has 2 fully saturated rings. The molecule has 0 radical (unpaired) electrons. The lowest BCUT2D eigenvalue weighted by atomic mass is 10.2. The van der Waals surface area contributed by atoms with E-state index in [1.54, 1.807) is 0 Å². The third kappa shape index (κ3) is 3.00. The van der Waals surface area contributed by atoms with Gasteiger partial charge in [0, 0.05) is 12.1 Å². The number of anilines is 2. The van der Waals surface area contributed by atoms with E-state index >= 15 is 0 Å². The summed E-state index contributed by atoms with van der Waals surface area (Å²) >= 11 is 1.36. The van der Waals surface area contributed by atoms with E-state index in [0.29, 0.717) is 28.7 Å². The van der Waals surface area contributed by atoms with Gasteiger partial charge < -0.3 is 16.4 Å². The summed E-state index contributed by atoms with van der Waals surface area (Å²) in [5.41, 5.74) is 5.83. The molecule has 3 rings (SSSR count). The number of carbonyl (C=O) groups excluding carboxylic acids is 1. The van der Waals surface area contributed by atoms with E-state index in [2.05, 4.69) is 22.5 Å². The standard InChI is InChI=1S/C13H20N4OS/c1-2-3-7-6-9(7)16-12(18)10-11(14)17-13(19-10)15-8-4-5-8/h7-9H,2-6,14H2,1H3,(H,15,17)(H,16,18). The molecule has 1 aromatic heterocycles. The lowest BCUT2D eigenvalue weighted by molar-refractivity contribution is 0.0953. The molecule has 2 atom stereocenters. The van der Waals surface area contributed by atoms with Gasteiger partial charge in [0.1, 0.15) is 10.7 Å². The number of nitrogen functional groups attached to an aromatic ring is 1. The highest BCUT2D eigenvalue weighted by atomic mass is 32.1. The van der Waals surface area contributed by atoms with Crippen molar-refractivity contribution in [2.75, 3.05) is 11.1 Å². The molecule has 0 aromatic carbocycles. The number of amides is 1. The van der Waals surface area contributed by atoms with Crippen LogP contribution in [0.2, 0.25) is 0 Å². The normalized spacial score (nSPS) is 25.1. The molecule has 2 aliphatic rings. The Morgan fingerprint density at radius 2 is 2.32 bits per heavy atom. The summed E-state index contributed by atoms with van der Waals surface area (Å²) in [5.74, 6) is 0.938. The molecule has 6 heteroatoms. The zero-order chi connectivity index (χ0) is 13.4. The summed E-state index contributed by atoms with van der Waals surface area (Å²) in [6, 6.07) is 0.868. The lowest BCUT2D eigenvalue weighted by Crippen LogP contribution is -2.26. The van der Waals surface area contributed by atoms with Gasteiger partial charge in [0.25, 0.3) is 5.91 Å². The highest BCUT2D eigenvalue weighted by Crippen LogP contribution is 2.36. The lowest BCUT2D eigenvalue weighted by Gasteiger charge is -2.02. The van der Waals surface area contributed by atoms with Crippen LogP contribution in [0.25, 0.3) is 0 Å². The van der Waals surface area contributed by atoms with Crippen LogP contribution in [-0.4, -0.2) is 23.0 Å². The summed E-state index contributed by atoms with van der Waals surface area (Å²) in [4.78, 5) is 16.9. The van der Waals surface area contributed by atoms with Gasteiger partial charge in [-0.1, -0.05) is 24.7 Å². The molecule has 0 bridgehead atoms. The molecule has 0 aliphatic heterocycles. The Morgan fingerprint density at radius 3 is 3.00 bits per heavy atom. The largest absolute Gasteiger partial charge is 0.382 e. The first-order chi connectivity index (χ1) is 9.17. The first-order valence-electron chi connectivity index (χ1n) is 7.01. The number of hydrogen-bond acceptors (Lipinski definition) is 5. The molecule has 1 aromatic rings. The van der Waals surface area contributed by atoms with Crippen LogP contribution >= 0.6 is 11.3 Å². The topological polar surface area (TPSA) is 80.0 Å². The minimum Gasteiger partial charge on any atom is -0.382 e. The number of rotatable bonds is 6. The van der Waals surface area contributed by atoms with Gasteiger partial charge in [0.05, 0.1) is 0 Å². The molecule has 19 heavy (non-hydrogen) atoms. The molecule has 2 aliphatic carbocycles. The zero-order valence-electron chi connectivity index (χ0n) is 11.1. The molecule has 0 saturated heterocycles. The van der Waals surface area contributed by atoms with Gasteiger partial charge in [-0.15, -0.1) is 0 Å². The Labute approximate surface area is 117 Å². The SMILES string of the molecule is CCCC1CC1NC(=O)c1sc(NC2CC2)nc1N. The minimum atomic E-state index is -0.0672. The second-order valence-electron chi connectivity index (χ2n) is 5.52. The molecular weight excluding hydrogens is 260 g/mol. The maximum Gasteiger partial charge on any atom is 0.265 e. The van der Waals surface area contributed by atoms with Gasteiger partial charge in [0.15, 0.2) is 5.13 Å². The summed E-state index contributed by atoms with van der Waals surface area (Å²) in [6.45, 7) is 2.17. The fourth-order valence-corrected chi connectivity index (χ4v) is 3.17. The van der Waals surface area contributed by atoms with Crippen LogP contribution < -0.4 is 16.4 Å². The Kier molecular flexibility index (Phi) is 3.35. The Hall–Kier alpha value is -1.30. The molecule has 2 unspecified atom stereocenters. The number of nitrogens with zero attached hydrogens (tertiary/aromatic N) is 1. The van der Waals surface area contributed by atoms with E-state index in [1.165, 1.54) is 37.0 Å². The van der Waals surface area contributed by atoms with E-state index in [-0.39, 0.29) is 5.91 Å². The predicted molar refractivity (Wildman–Crippen MR) is 77.4 cm³/mol. The van der Waals surface area contributed by atoms with Crippen LogP contribution in [0, 0.1) is 5.92 Å². The summed E-state index contributed by atoms with van der Waals surface area (Å²) in [7, 11) is 0. The summed E-state index contributed by atoms with van der Waals surface area (Å²) in [6.07, 6.45) is 5.84. The number of nitrogens with two attached hydrogens (primary N) is 1. The fraction of sp³-hybridized carbons (Fsp3) is 0.692. The van der Waals surface area contributed by atoms with Crippen LogP contribution in [-0.2, 0) is 0 Å². The van der Waals surface area contributed by atoms with Crippen molar-refractivity contribution in [3.8, 4) is 0 Å². The van der Waals surface area contributed by atoms with Crippen LogP contribution in [0.15, 0.2) is 0 Å². The Bertz CT molecular complexity index is 483. The van der Waals surface area contributed by atoms with Gasteiger partial charge in [-0.2, -0.15) is 0 Å². The van der Waals surface area contributed by atoms with Crippen molar-refractivity contribution < 1.29 is 4.79 Å². The number of thiazole rings is 1. The smallest absolute Gasteiger partial charge is 0.265 e. The Balaban J connectivity index is 1.58. The van der Waals surface area contributed by atoms with Crippen molar-refractivity contribution in [1.29, 1.82) is 0 Å². The first-order valence-corrected chi connectivity index (χ1v) is 7.82. The second kappa shape index (κ2) is 5.00. The molecule has 0 spiro atoms. The van der Waals surface area contributed by atoms with Crippen LogP contribution in [0.4, 0.5) is 10.9 Å². The van der Waals surface area contributed by atoms with E-state index in [1.807, 2.05) is 0 Å². The second-order valence-corrected chi connectivity index (χ2v) is 6.52. The van der Waals surface area contributed by atoms with E-state index in [4.69, 9.17) is 5.73 Å². The quantitative estimate of drug-likeness (QED) is 0.746. The molecule has 1 heterocycles. The number of carbonyl (C=O) groups is 1. The summed E-state index contributed by atoms with van der Waals surface area (Å²) in [5, 5.41) is 7.10.